The fourth-order valence-electron chi connectivity index (χ4n) is 0.975. The average Bonchev–Trinajstić information content (AvgIpc) is 2.25. The average molecular weight is 366 g/mol. The number of aliphatic hydroxyl groups excluding tert-OH is 4. The van der Waals surface area contributed by atoms with Crippen molar-refractivity contribution in [3.05, 3.63) is 72.6 Å². The van der Waals surface area contributed by atoms with Crippen molar-refractivity contribution in [3.8, 4) is 11.5 Å². The minimum absolute atomic E-state index is 0. The van der Waals surface area contributed by atoms with Crippen molar-refractivity contribution < 1.29 is 47.7 Å². The molecule has 0 amide bonds. The number of aromatic hydroxyl groups is 2. The van der Waals surface area contributed by atoms with Gasteiger partial charge in [-0.1, -0.05) is 19.2 Å². The number of hydrogen-bond acceptors (Lipinski definition) is 6. The Balaban J connectivity index is -0.000000257. The molecule has 0 atom stereocenters. The molecule has 23 heavy (non-hydrogen) atoms. The van der Waals surface area contributed by atoms with E-state index in [1.807, 2.05) is 0 Å². The van der Waals surface area contributed by atoms with E-state index in [1.165, 1.54) is 44.2 Å². The Kier molecular flexibility index (Phi) is 16.0. The molecule has 6 nitrogen and oxygen atoms in total. The van der Waals surface area contributed by atoms with E-state index in [-0.39, 0.29) is 51.6 Å². The van der Waals surface area contributed by atoms with Crippen molar-refractivity contribution >= 4 is 0 Å². The maximum Gasteiger partial charge on any atom is 0.119 e. The van der Waals surface area contributed by atoms with Crippen LogP contribution in [0.1, 0.15) is 13.8 Å². The van der Waals surface area contributed by atoms with Crippen LogP contribution in [0.4, 0.5) is 0 Å². The molecule has 0 heterocycles. The Bertz CT molecular complexity index is 496. The summed E-state index contributed by atoms with van der Waals surface area (Å²) in [4.78, 5) is 0. The van der Waals surface area contributed by atoms with Gasteiger partial charge in [-0.25, -0.2) is 0 Å². The Morgan fingerprint density at radius 3 is 1.22 bits per heavy atom. The second-order valence-electron chi connectivity index (χ2n) is 4.07. The number of aliphatic hydroxyl groups is 4. The first-order valence-corrected chi connectivity index (χ1v) is 6.02. The van der Waals surface area contributed by atoms with Crippen LogP contribution in [-0.4, -0.2) is 30.6 Å². The van der Waals surface area contributed by atoms with E-state index in [1.54, 1.807) is 6.07 Å². The molecule has 1 aromatic carbocycles. The van der Waals surface area contributed by atoms with Gasteiger partial charge in [0.25, 0.3) is 0 Å². The second-order valence-corrected chi connectivity index (χ2v) is 4.07. The third-order valence-electron chi connectivity index (χ3n) is 1.58. The van der Waals surface area contributed by atoms with Gasteiger partial charge >= 0.3 is 0 Å². The summed E-state index contributed by atoms with van der Waals surface area (Å²) < 4.78 is 0. The van der Waals surface area contributed by atoms with Gasteiger partial charge in [0, 0.05) is 35.3 Å². The zero-order valence-electron chi connectivity index (χ0n) is 12.9. The monoisotopic (exact) mass is 366 g/mol. The summed E-state index contributed by atoms with van der Waals surface area (Å²) in [5.41, 5.74) is 0. The van der Waals surface area contributed by atoms with Gasteiger partial charge in [-0.15, -0.1) is 0 Å². The number of allylic oxidation sites excluding steroid dienone is 4. The fraction of sp³-hybridized carbons (Fsp3) is 0.125. The minimum Gasteiger partial charge on any atom is -0.512 e. The first-order valence-electron chi connectivity index (χ1n) is 6.02. The summed E-state index contributed by atoms with van der Waals surface area (Å²) in [5.74, 6) is 0.0509. The molecule has 0 fully saturated rings. The minimum atomic E-state index is -0.125. The molecule has 0 saturated heterocycles. The van der Waals surface area contributed by atoms with Gasteiger partial charge in [0.05, 0.1) is 11.5 Å². The number of phenols is 2. The van der Waals surface area contributed by atoms with E-state index in [0.717, 1.165) is 0 Å². The Morgan fingerprint density at radius 1 is 0.826 bits per heavy atom. The van der Waals surface area contributed by atoms with Crippen LogP contribution in [0.3, 0.4) is 0 Å². The Hall–Kier alpha value is -2.50. The van der Waals surface area contributed by atoms with Crippen LogP contribution in [0, 0.1) is 0 Å². The fourth-order valence-corrected chi connectivity index (χ4v) is 0.975. The van der Waals surface area contributed by atoms with Crippen LogP contribution in [0.25, 0.3) is 0 Å². The third-order valence-corrected chi connectivity index (χ3v) is 1.58. The number of rotatable bonds is 2. The zero-order chi connectivity index (χ0) is 17.7. The predicted octanol–water partition coefficient (Wildman–Crippen LogP) is 4.14. The molecule has 0 aliphatic carbocycles. The summed E-state index contributed by atoms with van der Waals surface area (Å²) in [7, 11) is 0. The molecule has 0 aromatic heterocycles. The van der Waals surface area contributed by atoms with Crippen molar-refractivity contribution in [1.82, 2.24) is 0 Å². The first-order chi connectivity index (χ1) is 10.0. The van der Waals surface area contributed by atoms with Gasteiger partial charge in [0.15, 0.2) is 0 Å². The van der Waals surface area contributed by atoms with Crippen molar-refractivity contribution in [2.24, 2.45) is 0 Å². The molecule has 0 aliphatic heterocycles. The molecule has 0 radical (unpaired) electrons. The zero-order valence-corrected chi connectivity index (χ0v) is 14.0. The summed E-state index contributed by atoms with van der Waals surface area (Å²) in [5, 5.41) is 50.6. The van der Waals surface area contributed by atoms with Crippen LogP contribution in [-0.2, 0) is 17.1 Å². The molecule has 1 aromatic rings. The van der Waals surface area contributed by atoms with E-state index in [0.29, 0.717) is 0 Å². The molecule has 130 valence electrons. The van der Waals surface area contributed by atoms with Gasteiger partial charge in [-0.3, -0.25) is 0 Å². The number of phenolic OH excluding ortho intramolecular Hbond substituents is 2. The van der Waals surface area contributed by atoms with Gasteiger partial charge in [0.2, 0.25) is 0 Å². The van der Waals surface area contributed by atoms with E-state index in [4.69, 9.17) is 30.6 Å². The molecule has 0 bridgehead atoms. The molecule has 0 aliphatic rings. The largest absolute Gasteiger partial charge is 0.512 e. The number of hydrogen-bond donors (Lipinski definition) is 6. The third kappa shape index (κ3) is 24.9. The summed E-state index contributed by atoms with van der Waals surface area (Å²) in [6.45, 7) is 9.15. The van der Waals surface area contributed by atoms with Crippen molar-refractivity contribution in [3.63, 3.8) is 0 Å². The normalized spacial score (nSPS) is 10.0. The van der Waals surface area contributed by atoms with Crippen molar-refractivity contribution in [1.29, 1.82) is 0 Å². The molecule has 0 unspecified atom stereocenters. The summed E-state index contributed by atoms with van der Waals surface area (Å²) in [6.07, 6.45) is 2.33. The SMILES string of the molecule is C=C(O)C=C(C)O.C=C(O)C=C(C)O.Oc1cccc(O)c1.[Fe]. The van der Waals surface area contributed by atoms with Gasteiger partial charge in [0.1, 0.15) is 23.0 Å². The Morgan fingerprint density at radius 2 is 1.13 bits per heavy atom. The standard InChI is InChI=1S/C6H6O2.2C5H8O2.Fe/c7-5-2-1-3-6(8)4-5;2*1-4(6)3-5(2)7;/h1-4,7-8H;2*3,6-7H,1H2,2H3;. The van der Waals surface area contributed by atoms with Crippen molar-refractivity contribution in [2.45, 2.75) is 13.8 Å². The second kappa shape index (κ2) is 14.4. The number of benzene rings is 1. The molecule has 7 heteroatoms. The molecular formula is C16H22FeO6. The van der Waals surface area contributed by atoms with Gasteiger partial charge in [-0.2, -0.15) is 0 Å². The van der Waals surface area contributed by atoms with Crippen LogP contribution in [0.5, 0.6) is 11.5 Å². The van der Waals surface area contributed by atoms with Crippen molar-refractivity contribution in [2.75, 3.05) is 0 Å². The van der Waals surface area contributed by atoms with Crippen LogP contribution in [0.2, 0.25) is 0 Å². The quantitative estimate of drug-likeness (QED) is 0.266. The summed E-state index contributed by atoms with van der Waals surface area (Å²) in [6, 6.07) is 5.85. The van der Waals surface area contributed by atoms with E-state index < -0.39 is 0 Å². The molecule has 1 rings (SSSR count). The molecule has 0 saturated carbocycles. The maximum absolute atomic E-state index is 8.65. The Labute approximate surface area is 146 Å². The maximum atomic E-state index is 8.65. The van der Waals surface area contributed by atoms with E-state index in [9.17, 15) is 0 Å². The predicted molar refractivity (Wildman–Crippen MR) is 86.1 cm³/mol. The topological polar surface area (TPSA) is 121 Å². The first kappa shape index (κ1) is 25.5. The van der Waals surface area contributed by atoms with E-state index in [2.05, 4.69) is 13.2 Å². The van der Waals surface area contributed by atoms with Crippen LogP contribution in [0.15, 0.2) is 72.6 Å². The molecular weight excluding hydrogens is 344 g/mol. The smallest absolute Gasteiger partial charge is 0.119 e. The van der Waals surface area contributed by atoms with Crippen LogP contribution >= 0.6 is 0 Å². The van der Waals surface area contributed by atoms with Gasteiger partial charge in [-0.05, 0) is 26.0 Å². The van der Waals surface area contributed by atoms with E-state index >= 15 is 0 Å². The van der Waals surface area contributed by atoms with Gasteiger partial charge < -0.3 is 30.6 Å². The van der Waals surface area contributed by atoms with Crippen LogP contribution < -0.4 is 0 Å². The molecule has 6 N–H and O–H groups in total. The molecule has 0 spiro atoms. The summed E-state index contributed by atoms with van der Waals surface area (Å²) >= 11 is 0.